The van der Waals surface area contributed by atoms with Crippen molar-refractivity contribution in [3.63, 3.8) is 0 Å². The zero-order valence-electron chi connectivity index (χ0n) is 17.2. The predicted octanol–water partition coefficient (Wildman–Crippen LogP) is 5.64. The third-order valence-electron chi connectivity index (χ3n) is 5.07. The van der Waals surface area contributed by atoms with Gasteiger partial charge < -0.3 is 0 Å². The zero-order valence-corrected chi connectivity index (χ0v) is 18.8. The third kappa shape index (κ3) is 4.04. The van der Waals surface area contributed by atoms with Gasteiger partial charge in [0.05, 0.1) is 16.6 Å². The van der Waals surface area contributed by atoms with Crippen molar-refractivity contribution in [3.8, 4) is 17.1 Å². The molecule has 0 spiro atoms. The Balaban J connectivity index is 1.58. The summed E-state index contributed by atoms with van der Waals surface area (Å²) in [6.07, 6.45) is 4.69. The van der Waals surface area contributed by atoms with Crippen LogP contribution in [0.4, 0.5) is 0 Å². The summed E-state index contributed by atoms with van der Waals surface area (Å²) in [4.78, 5) is 11.6. The van der Waals surface area contributed by atoms with E-state index < -0.39 is 9.84 Å². The molecule has 0 aliphatic rings. The zero-order chi connectivity index (χ0) is 22.1. The fourth-order valence-corrected chi connectivity index (χ4v) is 4.99. The Kier molecular flexibility index (Phi) is 5.28. The molecular weight excluding hydrogens is 438 g/mol. The molecule has 0 bridgehead atoms. The molecule has 0 radical (unpaired) electrons. The highest BCUT2D eigenvalue weighted by Gasteiger charge is 2.15. The number of pyridine rings is 1. The molecule has 0 amide bonds. The predicted molar refractivity (Wildman–Crippen MR) is 128 cm³/mol. The molecule has 0 atom stereocenters. The first-order valence-electron chi connectivity index (χ1n) is 9.95. The van der Waals surface area contributed by atoms with Crippen LogP contribution in [0.2, 0.25) is 0 Å². The van der Waals surface area contributed by atoms with E-state index in [-0.39, 0.29) is 4.90 Å². The van der Waals surface area contributed by atoms with Gasteiger partial charge >= 0.3 is 0 Å². The van der Waals surface area contributed by atoms with Crippen LogP contribution in [0.15, 0.2) is 112 Å². The van der Waals surface area contributed by atoms with Crippen molar-refractivity contribution in [3.05, 3.63) is 97.3 Å². The summed E-state index contributed by atoms with van der Waals surface area (Å²) >= 11 is 1.71. The molecule has 158 valence electrons. The average molecular weight is 458 g/mol. The van der Waals surface area contributed by atoms with Gasteiger partial charge in [-0.05, 0) is 66.7 Å². The molecule has 2 heterocycles. The normalized spacial score (nSPS) is 11.7. The van der Waals surface area contributed by atoms with Gasteiger partial charge in [-0.15, -0.1) is 0 Å². The van der Waals surface area contributed by atoms with Crippen LogP contribution in [0.5, 0.6) is 0 Å². The van der Waals surface area contributed by atoms with Crippen molar-refractivity contribution in [1.82, 2.24) is 14.5 Å². The first-order chi connectivity index (χ1) is 15.5. The van der Waals surface area contributed by atoms with Crippen LogP contribution < -0.4 is 0 Å². The molecule has 0 N–H and O–H groups in total. The topological polar surface area (TPSA) is 64.8 Å². The molecule has 0 fully saturated rings. The number of aromatic nitrogens is 3. The molecule has 2 aromatic heterocycles. The maximum absolute atomic E-state index is 11.8. The monoisotopic (exact) mass is 457 g/mol. The van der Waals surface area contributed by atoms with E-state index in [9.17, 15) is 8.42 Å². The lowest BCUT2D eigenvalue weighted by molar-refractivity contribution is 0.602. The Morgan fingerprint density at radius 1 is 0.812 bits per heavy atom. The smallest absolute Gasteiger partial charge is 0.175 e. The molecule has 0 saturated carbocycles. The summed E-state index contributed by atoms with van der Waals surface area (Å²) in [5.74, 6) is 0.733. The summed E-state index contributed by atoms with van der Waals surface area (Å²) in [6.45, 7) is 0. The van der Waals surface area contributed by atoms with Crippen LogP contribution in [0, 0.1) is 0 Å². The quantitative estimate of drug-likeness (QED) is 0.342. The van der Waals surface area contributed by atoms with E-state index >= 15 is 0 Å². The number of rotatable bonds is 5. The minimum absolute atomic E-state index is 0.285. The van der Waals surface area contributed by atoms with Crippen molar-refractivity contribution in [1.29, 1.82) is 0 Å². The minimum atomic E-state index is -3.26. The van der Waals surface area contributed by atoms with E-state index in [1.54, 1.807) is 48.4 Å². The highest BCUT2D eigenvalue weighted by molar-refractivity contribution is 7.99. The SMILES string of the molecule is CS(=O)(=O)c1ccc(-c2nc3cnccc3n2-c2ccc(Sc3ccccc3)cc2)cc1. The van der Waals surface area contributed by atoms with Gasteiger partial charge in [-0.25, -0.2) is 13.4 Å². The molecule has 0 aliphatic heterocycles. The van der Waals surface area contributed by atoms with Crippen LogP contribution >= 0.6 is 11.8 Å². The van der Waals surface area contributed by atoms with E-state index in [0.717, 1.165) is 33.0 Å². The molecule has 0 saturated heterocycles. The van der Waals surface area contributed by atoms with Gasteiger partial charge in [0.2, 0.25) is 0 Å². The van der Waals surface area contributed by atoms with Gasteiger partial charge in [0.25, 0.3) is 0 Å². The van der Waals surface area contributed by atoms with Crippen molar-refractivity contribution < 1.29 is 8.42 Å². The molecule has 0 unspecified atom stereocenters. The van der Waals surface area contributed by atoms with Gasteiger partial charge in [0.15, 0.2) is 9.84 Å². The number of hydrogen-bond acceptors (Lipinski definition) is 5. The maximum Gasteiger partial charge on any atom is 0.175 e. The highest BCUT2D eigenvalue weighted by Crippen LogP contribution is 2.32. The van der Waals surface area contributed by atoms with Gasteiger partial charge in [-0.2, -0.15) is 0 Å². The van der Waals surface area contributed by atoms with E-state index in [4.69, 9.17) is 4.98 Å². The lowest BCUT2D eigenvalue weighted by Crippen LogP contribution is -1.99. The second-order valence-electron chi connectivity index (χ2n) is 7.34. The summed E-state index contributed by atoms with van der Waals surface area (Å²) in [5.41, 5.74) is 3.51. The largest absolute Gasteiger partial charge is 0.292 e. The van der Waals surface area contributed by atoms with Crippen molar-refractivity contribution in [2.45, 2.75) is 14.7 Å². The standard InChI is InChI=1S/C25H19N3O2S2/c1-32(29,30)22-13-7-18(8-14-22)25-27-23-17-26-16-15-24(23)28(25)19-9-11-21(12-10-19)31-20-5-3-2-4-6-20/h2-17H,1H3. The van der Waals surface area contributed by atoms with Crippen LogP contribution in [-0.2, 0) is 9.84 Å². The summed E-state index contributed by atoms with van der Waals surface area (Å²) in [5, 5.41) is 0. The molecule has 5 rings (SSSR count). The molecule has 5 aromatic rings. The van der Waals surface area contributed by atoms with E-state index in [1.807, 2.05) is 24.3 Å². The van der Waals surface area contributed by atoms with Gasteiger partial charge in [0, 0.05) is 33.5 Å². The molecule has 5 nitrogen and oxygen atoms in total. The Bertz CT molecular complexity index is 1490. The summed E-state index contributed by atoms with van der Waals surface area (Å²) in [6, 6.07) is 27.3. The molecule has 3 aromatic carbocycles. The van der Waals surface area contributed by atoms with Gasteiger partial charge in [-0.1, -0.05) is 30.0 Å². The molecule has 0 aliphatic carbocycles. The molecule has 7 heteroatoms. The third-order valence-corrected chi connectivity index (χ3v) is 7.22. The summed E-state index contributed by atoms with van der Waals surface area (Å²) in [7, 11) is -3.26. The first kappa shape index (κ1) is 20.5. The Morgan fingerprint density at radius 3 is 2.19 bits per heavy atom. The van der Waals surface area contributed by atoms with Crippen molar-refractivity contribution >= 4 is 32.6 Å². The van der Waals surface area contributed by atoms with Crippen LogP contribution in [0.25, 0.3) is 28.1 Å². The van der Waals surface area contributed by atoms with E-state index in [1.165, 1.54) is 11.2 Å². The Labute approximate surface area is 190 Å². The second-order valence-corrected chi connectivity index (χ2v) is 10.5. The highest BCUT2D eigenvalue weighted by atomic mass is 32.2. The second kappa shape index (κ2) is 8.26. The molecular formula is C25H19N3O2S2. The Morgan fingerprint density at radius 2 is 1.50 bits per heavy atom. The fraction of sp³-hybridized carbons (Fsp3) is 0.0400. The van der Waals surface area contributed by atoms with E-state index in [2.05, 4.69) is 45.9 Å². The average Bonchev–Trinajstić information content (AvgIpc) is 3.19. The van der Waals surface area contributed by atoms with Crippen molar-refractivity contribution in [2.24, 2.45) is 0 Å². The lowest BCUT2D eigenvalue weighted by atomic mass is 10.2. The summed E-state index contributed by atoms with van der Waals surface area (Å²) < 4.78 is 25.8. The van der Waals surface area contributed by atoms with Crippen LogP contribution in [0.1, 0.15) is 0 Å². The Hall–Kier alpha value is -3.42. The van der Waals surface area contributed by atoms with Crippen molar-refractivity contribution in [2.75, 3.05) is 6.26 Å². The van der Waals surface area contributed by atoms with Crippen LogP contribution in [0.3, 0.4) is 0 Å². The lowest BCUT2D eigenvalue weighted by Gasteiger charge is -2.11. The number of benzene rings is 3. The van der Waals surface area contributed by atoms with E-state index in [0.29, 0.717) is 0 Å². The fourth-order valence-electron chi connectivity index (χ4n) is 3.53. The number of sulfone groups is 1. The minimum Gasteiger partial charge on any atom is -0.292 e. The molecule has 32 heavy (non-hydrogen) atoms. The number of fused-ring (bicyclic) bond motifs is 1. The first-order valence-corrected chi connectivity index (χ1v) is 12.7. The number of imidazole rings is 1. The maximum atomic E-state index is 11.8. The number of nitrogens with zero attached hydrogens (tertiary/aromatic N) is 3. The van der Waals surface area contributed by atoms with Crippen LogP contribution in [-0.4, -0.2) is 29.2 Å². The van der Waals surface area contributed by atoms with Gasteiger partial charge in [-0.3, -0.25) is 9.55 Å². The number of hydrogen-bond donors (Lipinski definition) is 0. The van der Waals surface area contributed by atoms with Gasteiger partial charge in [0.1, 0.15) is 11.3 Å².